The first-order valence-corrected chi connectivity index (χ1v) is 12.8. The van der Waals surface area contributed by atoms with Gasteiger partial charge in [0, 0.05) is 41.5 Å². The van der Waals surface area contributed by atoms with Crippen LogP contribution in [0, 0.1) is 20.8 Å². The molecule has 1 aliphatic heterocycles. The van der Waals surface area contributed by atoms with Gasteiger partial charge in [-0.05, 0) is 49.6 Å². The van der Waals surface area contributed by atoms with Crippen molar-refractivity contribution in [2.75, 3.05) is 24.7 Å². The van der Waals surface area contributed by atoms with E-state index in [9.17, 15) is 13.2 Å². The number of aromatic nitrogens is 4. The quantitative estimate of drug-likeness (QED) is 0.456. The fourth-order valence-corrected chi connectivity index (χ4v) is 5.23. The second kappa shape index (κ2) is 8.07. The summed E-state index contributed by atoms with van der Waals surface area (Å²) >= 11 is 0. The molecule has 0 bridgehead atoms. The van der Waals surface area contributed by atoms with Crippen molar-refractivity contribution in [2.45, 2.75) is 26.8 Å². The number of fused-ring (bicyclic) bond motifs is 1. The normalized spacial score (nSPS) is 14.9. The van der Waals surface area contributed by atoms with Crippen molar-refractivity contribution in [3.05, 3.63) is 65.0 Å². The Bertz CT molecular complexity index is 1510. The van der Waals surface area contributed by atoms with E-state index in [0.29, 0.717) is 24.3 Å². The van der Waals surface area contributed by atoms with E-state index >= 15 is 0 Å². The van der Waals surface area contributed by atoms with Crippen molar-refractivity contribution in [3.63, 3.8) is 0 Å². The summed E-state index contributed by atoms with van der Waals surface area (Å²) in [6.45, 7) is 6.66. The monoisotopic (exact) mass is 478 g/mol. The molecule has 176 valence electrons. The van der Waals surface area contributed by atoms with E-state index in [1.165, 1.54) is 10.6 Å². The zero-order valence-electron chi connectivity index (χ0n) is 19.5. The number of nitrogens with one attached hydrogen (secondary N) is 2. The molecule has 9 nitrogen and oxygen atoms in total. The molecule has 1 aliphatic rings. The number of carbonyl (C=O) groups excluding carboxylic acids is 1. The number of hydrogen-bond acceptors (Lipinski definition) is 5. The van der Waals surface area contributed by atoms with Gasteiger partial charge >= 0.3 is 0 Å². The maximum absolute atomic E-state index is 13.2. The topological polar surface area (TPSA) is 113 Å². The Balaban J connectivity index is 1.44. The number of hydrogen-bond donors (Lipinski definition) is 2. The van der Waals surface area contributed by atoms with Gasteiger partial charge in [-0.15, -0.1) is 0 Å². The molecule has 10 heteroatoms. The van der Waals surface area contributed by atoms with Gasteiger partial charge in [0.2, 0.25) is 10.0 Å². The molecule has 0 radical (unpaired) electrons. The van der Waals surface area contributed by atoms with Gasteiger partial charge in [0.1, 0.15) is 5.69 Å². The Morgan fingerprint density at radius 1 is 1.12 bits per heavy atom. The van der Waals surface area contributed by atoms with Crippen molar-refractivity contribution in [1.82, 2.24) is 24.3 Å². The first-order valence-electron chi connectivity index (χ1n) is 11.0. The Morgan fingerprint density at radius 2 is 1.82 bits per heavy atom. The fourth-order valence-electron chi connectivity index (χ4n) is 4.34. The minimum Gasteiger partial charge on any atom is -0.321 e. The maximum Gasteiger partial charge on any atom is 0.255 e. The zero-order valence-corrected chi connectivity index (χ0v) is 20.3. The van der Waals surface area contributed by atoms with Crippen molar-refractivity contribution in [2.24, 2.45) is 0 Å². The molecule has 5 rings (SSSR count). The van der Waals surface area contributed by atoms with Crippen LogP contribution in [0.4, 0.5) is 5.69 Å². The summed E-state index contributed by atoms with van der Waals surface area (Å²) in [5.41, 5.74) is 6.59. The summed E-state index contributed by atoms with van der Waals surface area (Å²) < 4.78 is 26.5. The lowest BCUT2D eigenvalue weighted by Gasteiger charge is -2.36. The summed E-state index contributed by atoms with van der Waals surface area (Å²) in [5.74, 6) is -0.171. The number of H-pyrrole nitrogens is 1. The minimum atomic E-state index is -3.18. The summed E-state index contributed by atoms with van der Waals surface area (Å²) in [5, 5.41) is 15.8. The average molecular weight is 479 g/mol. The fraction of sp³-hybridized carbons (Fsp3) is 0.292. The highest BCUT2D eigenvalue weighted by atomic mass is 32.2. The molecule has 3 heterocycles. The lowest BCUT2D eigenvalue weighted by Crippen LogP contribution is -2.50. The summed E-state index contributed by atoms with van der Waals surface area (Å²) in [6.07, 6.45) is 4.80. The smallest absolute Gasteiger partial charge is 0.255 e. The summed E-state index contributed by atoms with van der Waals surface area (Å²) in [6, 6.07) is 9.70. The number of sulfonamides is 1. The number of para-hydroxylation sites is 1. The molecular weight excluding hydrogens is 452 g/mol. The third-order valence-electron chi connectivity index (χ3n) is 6.42. The molecule has 0 aliphatic carbocycles. The second-order valence-corrected chi connectivity index (χ2v) is 10.9. The van der Waals surface area contributed by atoms with Gasteiger partial charge in [0.25, 0.3) is 5.91 Å². The SMILES string of the molecule is Cc1cc2[nH]nc(-c3cnn(C4CN(S(C)(=O)=O)C4)c3)c2cc1C(=O)Nc1c(C)cccc1C. The van der Waals surface area contributed by atoms with Gasteiger partial charge in [-0.3, -0.25) is 14.6 Å². The van der Waals surface area contributed by atoms with E-state index in [1.54, 1.807) is 10.9 Å². The van der Waals surface area contributed by atoms with E-state index in [0.717, 1.165) is 38.8 Å². The van der Waals surface area contributed by atoms with E-state index in [1.807, 2.05) is 57.3 Å². The summed E-state index contributed by atoms with van der Waals surface area (Å²) in [7, 11) is -3.18. The van der Waals surface area contributed by atoms with Crippen molar-refractivity contribution < 1.29 is 13.2 Å². The van der Waals surface area contributed by atoms with Gasteiger partial charge in [0.15, 0.2) is 0 Å². The van der Waals surface area contributed by atoms with Crippen LogP contribution in [0.25, 0.3) is 22.2 Å². The zero-order chi connectivity index (χ0) is 24.2. The second-order valence-electron chi connectivity index (χ2n) is 8.95. The number of rotatable bonds is 5. The minimum absolute atomic E-state index is 0.00499. The molecule has 2 aromatic heterocycles. The van der Waals surface area contributed by atoms with Crippen LogP contribution in [0.1, 0.15) is 33.1 Å². The van der Waals surface area contributed by atoms with Crippen LogP contribution in [0.5, 0.6) is 0 Å². The van der Waals surface area contributed by atoms with E-state index in [2.05, 4.69) is 20.6 Å². The van der Waals surface area contributed by atoms with Crippen LogP contribution in [0.2, 0.25) is 0 Å². The van der Waals surface area contributed by atoms with E-state index in [4.69, 9.17) is 0 Å². The molecule has 2 N–H and O–H groups in total. The first-order chi connectivity index (χ1) is 16.1. The maximum atomic E-state index is 13.2. The lowest BCUT2D eigenvalue weighted by atomic mass is 10.0. The highest BCUT2D eigenvalue weighted by Gasteiger charge is 2.35. The molecule has 0 atom stereocenters. The molecule has 0 saturated carbocycles. The molecule has 2 aromatic carbocycles. The Labute approximate surface area is 197 Å². The largest absolute Gasteiger partial charge is 0.321 e. The molecule has 34 heavy (non-hydrogen) atoms. The highest BCUT2D eigenvalue weighted by molar-refractivity contribution is 7.88. The number of aryl methyl sites for hydroxylation is 3. The van der Waals surface area contributed by atoms with Crippen LogP contribution >= 0.6 is 0 Å². The van der Waals surface area contributed by atoms with Gasteiger partial charge in [-0.25, -0.2) is 8.42 Å². The van der Waals surface area contributed by atoms with Gasteiger partial charge in [0.05, 0.1) is 24.0 Å². The molecule has 4 aromatic rings. The standard InChI is InChI=1S/C24H26N6O3S/c1-14-6-5-7-15(2)22(14)26-24(31)19-9-20-21(8-16(19)3)27-28-23(20)17-10-25-30(11-17)18-12-29(13-18)34(4,32)33/h5-11,18H,12-13H2,1-4H3,(H,26,31)(H,27,28). The van der Waals surface area contributed by atoms with Crippen LogP contribution < -0.4 is 5.32 Å². The molecule has 1 saturated heterocycles. The molecule has 1 amide bonds. The number of nitrogens with zero attached hydrogens (tertiary/aromatic N) is 4. The van der Waals surface area contributed by atoms with Gasteiger partial charge in [-0.2, -0.15) is 14.5 Å². The van der Waals surface area contributed by atoms with Crippen LogP contribution in [-0.4, -0.2) is 58.0 Å². The summed E-state index contributed by atoms with van der Waals surface area (Å²) in [4.78, 5) is 13.2. The molecule has 0 spiro atoms. The Hall–Kier alpha value is -3.50. The van der Waals surface area contributed by atoms with E-state index in [-0.39, 0.29) is 11.9 Å². The molecule has 0 unspecified atom stereocenters. The van der Waals surface area contributed by atoms with Gasteiger partial charge in [-0.1, -0.05) is 18.2 Å². The van der Waals surface area contributed by atoms with E-state index < -0.39 is 10.0 Å². The molecular formula is C24H26N6O3S. The number of carbonyl (C=O) groups is 1. The van der Waals surface area contributed by atoms with Crippen molar-refractivity contribution in [1.29, 1.82) is 0 Å². The lowest BCUT2D eigenvalue weighted by molar-refractivity contribution is 0.102. The third-order valence-corrected chi connectivity index (χ3v) is 7.66. The van der Waals surface area contributed by atoms with Crippen LogP contribution in [-0.2, 0) is 10.0 Å². The Morgan fingerprint density at radius 3 is 2.50 bits per heavy atom. The number of anilines is 1. The number of benzene rings is 2. The average Bonchev–Trinajstić information content (AvgIpc) is 3.34. The predicted molar refractivity (Wildman–Crippen MR) is 131 cm³/mol. The Kier molecular flexibility index (Phi) is 5.29. The molecule has 1 fully saturated rings. The van der Waals surface area contributed by atoms with Crippen molar-refractivity contribution >= 4 is 32.5 Å². The highest BCUT2D eigenvalue weighted by Crippen LogP contribution is 2.31. The van der Waals surface area contributed by atoms with Crippen LogP contribution in [0.3, 0.4) is 0 Å². The number of aromatic amines is 1. The first kappa shape index (κ1) is 22.3. The van der Waals surface area contributed by atoms with Crippen LogP contribution in [0.15, 0.2) is 42.7 Å². The third kappa shape index (κ3) is 3.88. The number of amides is 1. The predicted octanol–water partition coefficient (Wildman–Crippen LogP) is 3.42. The van der Waals surface area contributed by atoms with Gasteiger partial charge < -0.3 is 5.32 Å². The van der Waals surface area contributed by atoms with Crippen molar-refractivity contribution in [3.8, 4) is 11.3 Å².